The van der Waals surface area contributed by atoms with E-state index in [4.69, 9.17) is 11.6 Å². The number of rotatable bonds is 1. The predicted octanol–water partition coefficient (Wildman–Crippen LogP) is 2.23. The largest absolute Gasteiger partial charge is 0.300 e. The normalized spacial score (nSPS) is 48.2. The summed E-state index contributed by atoms with van der Waals surface area (Å²) in [6.07, 6.45) is 3.69. The van der Waals surface area contributed by atoms with E-state index in [0.717, 1.165) is 0 Å². The topological polar surface area (TPSA) is 17.1 Å². The number of hydrogen-bond acceptors (Lipinski definition) is 1. The van der Waals surface area contributed by atoms with E-state index in [2.05, 4.69) is 0 Å². The van der Waals surface area contributed by atoms with Gasteiger partial charge in [-0.3, -0.25) is 4.79 Å². The van der Waals surface area contributed by atoms with Crippen LogP contribution in [-0.4, -0.2) is 11.2 Å². The molecular weight excluding hydrogens is 160 g/mol. The molecule has 0 N–H and O–H groups in total. The van der Waals surface area contributed by atoms with Crippen LogP contribution in [0, 0.1) is 17.8 Å². The summed E-state index contributed by atoms with van der Waals surface area (Å²) < 4.78 is 0. The highest BCUT2D eigenvalue weighted by atomic mass is 35.5. The lowest BCUT2D eigenvalue weighted by atomic mass is 9.86. The maximum Gasteiger partial charge on any atom is 0.134 e. The first-order chi connectivity index (χ1) is 5.20. The molecule has 2 aliphatic carbocycles. The van der Waals surface area contributed by atoms with Crippen LogP contribution in [0.5, 0.6) is 0 Å². The average molecular weight is 173 g/mol. The van der Waals surface area contributed by atoms with E-state index in [1.165, 1.54) is 19.3 Å². The molecule has 62 valence electrons. The molecule has 0 radical (unpaired) electrons. The summed E-state index contributed by atoms with van der Waals surface area (Å²) in [5.41, 5.74) is 0. The number of Topliss-reactive ketones (excluding diaryl/α,β-unsaturated/α-hetero) is 1. The quantitative estimate of drug-likeness (QED) is 0.555. The van der Waals surface area contributed by atoms with Crippen molar-refractivity contribution in [1.29, 1.82) is 0 Å². The number of carbonyl (C=O) groups excluding carboxylic acids is 1. The van der Waals surface area contributed by atoms with Crippen molar-refractivity contribution in [3.05, 3.63) is 0 Å². The maximum absolute atomic E-state index is 11.2. The summed E-state index contributed by atoms with van der Waals surface area (Å²) >= 11 is 6.15. The Morgan fingerprint density at radius 2 is 2.00 bits per heavy atom. The summed E-state index contributed by atoms with van der Waals surface area (Å²) in [5.74, 6) is 1.77. The predicted molar refractivity (Wildman–Crippen MR) is 44.6 cm³/mol. The Morgan fingerprint density at radius 1 is 1.36 bits per heavy atom. The molecule has 4 atom stereocenters. The summed E-state index contributed by atoms with van der Waals surface area (Å²) in [7, 11) is 0. The van der Waals surface area contributed by atoms with Gasteiger partial charge in [0.2, 0.25) is 0 Å². The van der Waals surface area contributed by atoms with E-state index in [1.54, 1.807) is 6.92 Å². The van der Waals surface area contributed by atoms with E-state index in [-0.39, 0.29) is 11.3 Å². The number of alkyl halides is 1. The van der Waals surface area contributed by atoms with Crippen molar-refractivity contribution in [1.82, 2.24) is 0 Å². The van der Waals surface area contributed by atoms with Crippen molar-refractivity contribution >= 4 is 17.4 Å². The molecule has 4 unspecified atom stereocenters. The molecule has 11 heavy (non-hydrogen) atoms. The van der Waals surface area contributed by atoms with Crippen LogP contribution >= 0.6 is 11.6 Å². The molecule has 0 amide bonds. The van der Waals surface area contributed by atoms with Gasteiger partial charge in [0.05, 0.1) is 0 Å². The SMILES string of the molecule is CC(=O)C1C2CCC(C2)C1Cl. The van der Waals surface area contributed by atoms with Gasteiger partial charge in [-0.15, -0.1) is 11.6 Å². The number of carbonyl (C=O) groups is 1. The van der Waals surface area contributed by atoms with Gasteiger partial charge in [0.15, 0.2) is 0 Å². The molecule has 2 fully saturated rings. The van der Waals surface area contributed by atoms with Gasteiger partial charge in [-0.05, 0) is 38.0 Å². The molecular formula is C9H13ClO. The molecule has 0 aromatic rings. The number of halogens is 1. The number of ketones is 1. The highest BCUT2D eigenvalue weighted by Crippen LogP contribution is 2.51. The number of fused-ring (bicyclic) bond motifs is 2. The Hall–Kier alpha value is -0.0400. The summed E-state index contributed by atoms with van der Waals surface area (Å²) in [5, 5.41) is 0.159. The van der Waals surface area contributed by atoms with Crippen LogP contribution in [0.3, 0.4) is 0 Å². The summed E-state index contributed by atoms with van der Waals surface area (Å²) in [4.78, 5) is 11.2. The van der Waals surface area contributed by atoms with Gasteiger partial charge < -0.3 is 0 Å². The lowest BCUT2D eigenvalue weighted by Gasteiger charge is -2.23. The number of hydrogen-bond donors (Lipinski definition) is 0. The summed E-state index contributed by atoms with van der Waals surface area (Å²) in [6, 6.07) is 0. The van der Waals surface area contributed by atoms with E-state index in [9.17, 15) is 4.79 Å². The second kappa shape index (κ2) is 2.48. The van der Waals surface area contributed by atoms with Gasteiger partial charge >= 0.3 is 0 Å². The molecule has 2 aliphatic rings. The standard InChI is InChI=1S/C9H13ClO/c1-5(11)8-6-2-3-7(4-6)9(8)10/h6-9H,2-4H2,1H3. The van der Waals surface area contributed by atoms with Gasteiger partial charge in [0, 0.05) is 11.3 Å². The van der Waals surface area contributed by atoms with Crippen molar-refractivity contribution in [2.45, 2.75) is 31.6 Å². The molecule has 2 saturated carbocycles. The van der Waals surface area contributed by atoms with Gasteiger partial charge in [0.25, 0.3) is 0 Å². The lowest BCUT2D eigenvalue weighted by molar-refractivity contribution is -0.122. The first-order valence-electron chi connectivity index (χ1n) is 4.34. The van der Waals surface area contributed by atoms with Crippen molar-refractivity contribution in [3.8, 4) is 0 Å². The second-order valence-corrected chi connectivity index (χ2v) is 4.42. The third-order valence-electron chi connectivity index (χ3n) is 3.28. The fourth-order valence-electron chi connectivity index (χ4n) is 2.78. The van der Waals surface area contributed by atoms with E-state index >= 15 is 0 Å². The molecule has 0 saturated heterocycles. The van der Waals surface area contributed by atoms with Crippen molar-refractivity contribution in [2.75, 3.05) is 0 Å². The summed E-state index contributed by atoms with van der Waals surface area (Å²) in [6.45, 7) is 1.68. The van der Waals surface area contributed by atoms with E-state index in [1.807, 2.05) is 0 Å². The molecule has 0 spiro atoms. The third kappa shape index (κ3) is 1.01. The van der Waals surface area contributed by atoms with Crippen LogP contribution in [0.25, 0.3) is 0 Å². The molecule has 2 bridgehead atoms. The van der Waals surface area contributed by atoms with Gasteiger partial charge in [-0.1, -0.05) is 0 Å². The Morgan fingerprint density at radius 3 is 2.36 bits per heavy atom. The van der Waals surface area contributed by atoms with Crippen LogP contribution in [0.15, 0.2) is 0 Å². The monoisotopic (exact) mass is 172 g/mol. The minimum Gasteiger partial charge on any atom is -0.300 e. The van der Waals surface area contributed by atoms with Crippen LogP contribution < -0.4 is 0 Å². The van der Waals surface area contributed by atoms with Crippen LogP contribution in [0.1, 0.15) is 26.2 Å². The highest BCUT2D eigenvalue weighted by Gasteiger charge is 2.48. The Kier molecular flexibility index (Phi) is 1.71. The molecule has 0 heterocycles. The van der Waals surface area contributed by atoms with E-state index < -0.39 is 0 Å². The molecule has 0 aromatic carbocycles. The van der Waals surface area contributed by atoms with Crippen LogP contribution in [0.4, 0.5) is 0 Å². The second-order valence-electron chi connectivity index (χ2n) is 3.91. The first-order valence-corrected chi connectivity index (χ1v) is 4.78. The Labute approximate surface area is 72.1 Å². The van der Waals surface area contributed by atoms with Gasteiger partial charge in [0.1, 0.15) is 5.78 Å². The first kappa shape index (κ1) is 7.60. The zero-order chi connectivity index (χ0) is 8.01. The molecule has 1 nitrogen and oxygen atoms in total. The minimum absolute atomic E-state index is 0.159. The Balaban J connectivity index is 2.17. The van der Waals surface area contributed by atoms with E-state index in [0.29, 0.717) is 17.6 Å². The third-order valence-corrected chi connectivity index (χ3v) is 3.91. The van der Waals surface area contributed by atoms with Crippen LogP contribution in [0.2, 0.25) is 0 Å². The van der Waals surface area contributed by atoms with Crippen molar-refractivity contribution in [2.24, 2.45) is 17.8 Å². The zero-order valence-corrected chi connectivity index (χ0v) is 7.47. The molecule has 0 aliphatic heterocycles. The maximum atomic E-state index is 11.2. The van der Waals surface area contributed by atoms with Gasteiger partial charge in [-0.25, -0.2) is 0 Å². The van der Waals surface area contributed by atoms with Crippen LogP contribution in [-0.2, 0) is 4.79 Å². The smallest absolute Gasteiger partial charge is 0.134 e. The fourth-order valence-corrected chi connectivity index (χ4v) is 3.39. The lowest BCUT2D eigenvalue weighted by Crippen LogP contribution is -2.28. The van der Waals surface area contributed by atoms with Crippen molar-refractivity contribution < 1.29 is 4.79 Å². The Bertz CT molecular complexity index is 188. The average Bonchev–Trinajstić information content (AvgIpc) is 2.44. The molecule has 0 aromatic heterocycles. The highest BCUT2D eigenvalue weighted by molar-refractivity contribution is 6.22. The molecule has 2 rings (SSSR count). The van der Waals surface area contributed by atoms with Gasteiger partial charge in [-0.2, -0.15) is 0 Å². The minimum atomic E-state index is 0.159. The zero-order valence-electron chi connectivity index (χ0n) is 6.72. The van der Waals surface area contributed by atoms with Crippen molar-refractivity contribution in [3.63, 3.8) is 0 Å². The fraction of sp³-hybridized carbons (Fsp3) is 0.889. The molecule has 2 heteroatoms.